The summed E-state index contributed by atoms with van der Waals surface area (Å²) >= 11 is 0. The molecule has 0 aliphatic carbocycles. The molecule has 0 rings (SSSR count). The van der Waals surface area contributed by atoms with E-state index in [0.717, 1.165) is 19.3 Å². The van der Waals surface area contributed by atoms with Crippen molar-refractivity contribution in [3.63, 3.8) is 0 Å². The van der Waals surface area contributed by atoms with E-state index in [0.29, 0.717) is 0 Å². The Kier molecular flexibility index (Phi) is 20.2. The maximum atomic E-state index is 10.2. The molecule has 2 N–H and O–H groups in total. The van der Waals surface area contributed by atoms with Gasteiger partial charge in [-0.25, -0.2) is 4.57 Å². The van der Waals surface area contributed by atoms with Crippen LogP contribution in [0.3, 0.4) is 0 Å². The predicted octanol–water partition coefficient (Wildman–Crippen LogP) is -0.430. The summed E-state index contributed by atoms with van der Waals surface area (Å²) in [7, 11) is -4.23. The fourth-order valence-corrected chi connectivity index (χ4v) is 1.43. The largest absolute Gasteiger partial charge is 1.00 e. The molecule has 0 saturated heterocycles. The van der Waals surface area contributed by atoms with Crippen LogP contribution in [0.4, 0.5) is 0 Å². The zero-order chi connectivity index (χ0) is 10.2. The fourth-order valence-electron chi connectivity index (χ4n) is 1.07. The van der Waals surface area contributed by atoms with Crippen molar-refractivity contribution in [2.75, 3.05) is 6.61 Å². The first-order chi connectivity index (χ1) is 6.06. The fraction of sp³-hybridized carbons (Fsp3) is 1.00. The second-order valence-corrected chi connectivity index (χ2v) is 4.33. The van der Waals surface area contributed by atoms with Crippen molar-refractivity contribution < 1.29 is 69.3 Å². The molecule has 0 saturated carbocycles. The molecule has 0 atom stereocenters. The number of hydrogen-bond acceptors (Lipinski definition) is 2. The minimum atomic E-state index is -4.23. The Labute approximate surface area is 128 Å². The Bertz CT molecular complexity index is 170. The van der Waals surface area contributed by atoms with Crippen molar-refractivity contribution in [1.29, 1.82) is 0 Å². The maximum absolute atomic E-state index is 10.2. The van der Waals surface area contributed by atoms with Gasteiger partial charge in [-0.2, -0.15) is 0 Å². The van der Waals surface area contributed by atoms with E-state index >= 15 is 0 Å². The molecule has 0 aliphatic rings. The molecule has 0 aromatic rings. The summed E-state index contributed by atoms with van der Waals surface area (Å²) in [6, 6.07) is 0. The number of rotatable bonds is 8. The van der Waals surface area contributed by atoms with Crippen molar-refractivity contribution in [1.82, 2.24) is 0 Å². The predicted molar refractivity (Wildman–Crippen MR) is 52.5 cm³/mol. The van der Waals surface area contributed by atoms with Crippen LogP contribution in [0.15, 0.2) is 0 Å². The molecule has 4 nitrogen and oxygen atoms in total. The van der Waals surface area contributed by atoms with Gasteiger partial charge >= 0.3 is 37.4 Å². The van der Waals surface area contributed by atoms with Crippen molar-refractivity contribution in [2.45, 2.75) is 45.4 Å². The Balaban J connectivity index is -0.000000240. The van der Waals surface area contributed by atoms with E-state index < -0.39 is 7.82 Å². The molecule has 84 valence electrons. The van der Waals surface area contributed by atoms with E-state index in [1.807, 2.05) is 0 Å². The van der Waals surface area contributed by atoms with Gasteiger partial charge in [-0.15, -0.1) is 0 Å². The Morgan fingerprint density at radius 1 is 1.13 bits per heavy atom. The summed E-state index contributed by atoms with van der Waals surface area (Å²) in [5.74, 6) is 0. The van der Waals surface area contributed by atoms with Gasteiger partial charge in [0.05, 0.1) is 6.61 Å². The van der Waals surface area contributed by atoms with Gasteiger partial charge in [0, 0.05) is 19.5 Å². The van der Waals surface area contributed by atoms with Crippen LogP contribution in [-0.2, 0) is 28.6 Å². The van der Waals surface area contributed by atoms with E-state index in [1.54, 1.807) is 0 Å². The molecule has 0 unspecified atom stereocenters. The molecule has 7 heteroatoms. The van der Waals surface area contributed by atoms with E-state index in [-0.39, 0.29) is 57.1 Å². The van der Waals surface area contributed by atoms with Crippen LogP contribution in [0.5, 0.6) is 0 Å². The number of phosphoric ester groups is 1. The van der Waals surface area contributed by atoms with Gasteiger partial charge < -0.3 is 11.2 Å². The van der Waals surface area contributed by atoms with Gasteiger partial charge in [0.1, 0.15) is 0 Å². The average Bonchev–Trinajstić information content (AvgIpc) is 2.01. The Morgan fingerprint density at radius 2 is 1.60 bits per heavy atom. The van der Waals surface area contributed by atoms with E-state index in [4.69, 9.17) is 9.79 Å². The standard InChI is InChI=1S/C8H19O4P.Na.Zn.H/c1-2-3-4-5-6-7-8-12-13(9,10)11;;;/h2-8H2,1H3,(H2,9,10,11);;;/q;+1;;-1. The molecule has 0 heterocycles. The van der Waals surface area contributed by atoms with Crippen LogP contribution >= 0.6 is 7.82 Å². The van der Waals surface area contributed by atoms with Crippen molar-refractivity contribution in [2.24, 2.45) is 0 Å². The van der Waals surface area contributed by atoms with E-state index in [1.165, 1.54) is 19.3 Å². The summed E-state index contributed by atoms with van der Waals surface area (Å²) < 4.78 is 14.5. The smallest absolute Gasteiger partial charge is 1.00 e. The molecule has 0 aliphatic heterocycles. The normalized spacial score (nSPS) is 10.3. The van der Waals surface area contributed by atoms with Crippen molar-refractivity contribution in [3.8, 4) is 0 Å². The summed E-state index contributed by atoms with van der Waals surface area (Å²) in [6.07, 6.45) is 6.48. The summed E-state index contributed by atoms with van der Waals surface area (Å²) in [5, 5.41) is 0. The number of hydrogen-bond donors (Lipinski definition) is 2. The average molecular weight is 300 g/mol. The molecule has 0 fully saturated rings. The molecule has 0 radical (unpaired) electrons. The molecule has 0 bridgehead atoms. The minimum absolute atomic E-state index is 0. The summed E-state index contributed by atoms with van der Waals surface area (Å²) in [4.78, 5) is 16.7. The number of unbranched alkanes of at least 4 members (excludes halogenated alkanes) is 5. The van der Waals surface area contributed by atoms with Crippen LogP contribution in [0, 0.1) is 0 Å². The first kappa shape index (κ1) is 22.0. The first-order valence-corrected chi connectivity index (χ1v) is 6.29. The van der Waals surface area contributed by atoms with Crippen molar-refractivity contribution >= 4 is 7.82 Å². The molecular formula is C8H20NaO4PZn. The number of phosphoric acid groups is 1. The van der Waals surface area contributed by atoms with Crippen LogP contribution < -0.4 is 29.6 Å². The zero-order valence-electron chi connectivity index (χ0n) is 10.8. The van der Waals surface area contributed by atoms with Gasteiger partial charge in [0.25, 0.3) is 0 Å². The third-order valence-corrected chi connectivity index (χ3v) is 2.28. The summed E-state index contributed by atoms with van der Waals surface area (Å²) in [6.45, 7) is 2.31. The van der Waals surface area contributed by atoms with Crippen LogP contribution in [-0.4, -0.2) is 16.4 Å². The van der Waals surface area contributed by atoms with Crippen LogP contribution in [0.2, 0.25) is 0 Å². The van der Waals surface area contributed by atoms with E-state index in [9.17, 15) is 4.57 Å². The summed E-state index contributed by atoms with van der Waals surface area (Å²) in [5.41, 5.74) is 0. The third-order valence-electron chi connectivity index (χ3n) is 1.76. The monoisotopic (exact) mass is 298 g/mol. The van der Waals surface area contributed by atoms with Gasteiger partial charge in [0.15, 0.2) is 0 Å². The van der Waals surface area contributed by atoms with Gasteiger partial charge in [-0.05, 0) is 6.42 Å². The SMILES string of the molecule is CCCCCCCCOP(=O)(O)O.[H-].[Na+].[Zn]. The second kappa shape index (κ2) is 13.8. The van der Waals surface area contributed by atoms with Gasteiger partial charge in [-0.1, -0.05) is 39.0 Å². The topological polar surface area (TPSA) is 66.8 Å². The van der Waals surface area contributed by atoms with Crippen LogP contribution in [0.1, 0.15) is 46.9 Å². The second-order valence-electron chi connectivity index (χ2n) is 3.09. The molecule has 0 aromatic heterocycles. The van der Waals surface area contributed by atoms with Gasteiger partial charge in [-0.3, -0.25) is 4.52 Å². The molecule has 0 amide bonds. The van der Waals surface area contributed by atoms with Gasteiger partial charge in [0.2, 0.25) is 0 Å². The molecule has 0 aromatic carbocycles. The Hall–Kier alpha value is 1.73. The van der Waals surface area contributed by atoms with Crippen molar-refractivity contribution in [3.05, 3.63) is 0 Å². The Morgan fingerprint density at radius 3 is 2.07 bits per heavy atom. The molecule has 0 spiro atoms. The molecular weight excluding hydrogens is 279 g/mol. The quantitative estimate of drug-likeness (QED) is 0.363. The molecule has 15 heavy (non-hydrogen) atoms. The van der Waals surface area contributed by atoms with E-state index in [2.05, 4.69) is 11.4 Å². The maximum Gasteiger partial charge on any atom is 1.00 e. The first-order valence-electron chi connectivity index (χ1n) is 4.76. The minimum Gasteiger partial charge on any atom is -1.00 e. The van der Waals surface area contributed by atoms with Crippen LogP contribution in [0.25, 0.3) is 0 Å². The zero-order valence-corrected chi connectivity index (χ0v) is 15.7. The third kappa shape index (κ3) is 21.6.